The van der Waals surface area contributed by atoms with Gasteiger partial charge in [-0.25, -0.2) is 8.42 Å². The summed E-state index contributed by atoms with van der Waals surface area (Å²) in [5, 5.41) is 0. The summed E-state index contributed by atoms with van der Waals surface area (Å²) in [6.45, 7) is 0.442. The van der Waals surface area contributed by atoms with Crippen molar-refractivity contribution in [3.8, 4) is 17.2 Å². The summed E-state index contributed by atoms with van der Waals surface area (Å²) in [6, 6.07) is 21.0. The molecule has 0 aliphatic rings. The second-order valence-electron chi connectivity index (χ2n) is 5.92. The van der Waals surface area contributed by atoms with E-state index in [9.17, 15) is 8.42 Å². The molecule has 0 heterocycles. The highest BCUT2D eigenvalue weighted by Crippen LogP contribution is 2.30. The van der Waals surface area contributed by atoms with Crippen molar-refractivity contribution in [3.05, 3.63) is 78.4 Å². The van der Waals surface area contributed by atoms with Gasteiger partial charge in [0.1, 0.15) is 12.4 Å². The Morgan fingerprint density at radius 2 is 1.50 bits per heavy atom. The fourth-order valence-electron chi connectivity index (χ4n) is 2.56. The van der Waals surface area contributed by atoms with Gasteiger partial charge in [-0.1, -0.05) is 30.3 Å². The van der Waals surface area contributed by atoms with E-state index < -0.39 is 10.0 Å². The molecule has 0 aliphatic heterocycles. The molecule has 0 saturated heterocycles. The predicted molar refractivity (Wildman–Crippen MR) is 108 cm³/mol. The van der Waals surface area contributed by atoms with Crippen molar-refractivity contribution in [1.82, 2.24) is 0 Å². The topological polar surface area (TPSA) is 73.9 Å². The van der Waals surface area contributed by atoms with Crippen LogP contribution < -0.4 is 18.9 Å². The van der Waals surface area contributed by atoms with Crippen molar-refractivity contribution in [2.24, 2.45) is 0 Å². The Morgan fingerprint density at radius 1 is 0.821 bits per heavy atom. The highest BCUT2D eigenvalue weighted by atomic mass is 32.2. The minimum Gasteiger partial charge on any atom is -0.493 e. The number of rotatable bonds is 8. The standard InChI is InChI=1S/C21H21NO5S/c1-25-20-13-12-19(14-21(20)26-2)28(23,24)22-17-8-10-18(11-9-17)27-15-16-6-4-3-5-7-16/h3-14,22H,15H2,1-2H3. The fraction of sp³-hybridized carbons (Fsp3) is 0.143. The molecule has 146 valence electrons. The largest absolute Gasteiger partial charge is 0.493 e. The van der Waals surface area contributed by atoms with E-state index in [4.69, 9.17) is 14.2 Å². The van der Waals surface area contributed by atoms with E-state index in [0.29, 0.717) is 29.5 Å². The van der Waals surface area contributed by atoms with Crippen LogP contribution in [-0.4, -0.2) is 22.6 Å². The summed E-state index contributed by atoms with van der Waals surface area (Å²) in [4.78, 5) is 0.0783. The number of anilines is 1. The molecular weight excluding hydrogens is 378 g/mol. The Morgan fingerprint density at radius 3 is 2.14 bits per heavy atom. The lowest BCUT2D eigenvalue weighted by Crippen LogP contribution is -2.13. The maximum Gasteiger partial charge on any atom is 0.262 e. The SMILES string of the molecule is COc1ccc(S(=O)(=O)Nc2ccc(OCc3ccccc3)cc2)cc1OC. The monoisotopic (exact) mass is 399 g/mol. The van der Waals surface area contributed by atoms with Crippen LogP contribution in [0.5, 0.6) is 17.2 Å². The molecule has 0 radical (unpaired) electrons. The lowest BCUT2D eigenvalue weighted by atomic mass is 10.2. The minimum atomic E-state index is -3.77. The Balaban J connectivity index is 1.69. The lowest BCUT2D eigenvalue weighted by molar-refractivity contribution is 0.306. The van der Waals surface area contributed by atoms with Gasteiger partial charge in [-0.3, -0.25) is 4.72 Å². The molecule has 28 heavy (non-hydrogen) atoms. The zero-order valence-electron chi connectivity index (χ0n) is 15.6. The van der Waals surface area contributed by atoms with Crippen LogP contribution in [0, 0.1) is 0 Å². The van der Waals surface area contributed by atoms with E-state index in [2.05, 4.69) is 4.72 Å². The van der Waals surface area contributed by atoms with E-state index in [0.717, 1.165) is 5.56 Å². The molecule has 0 atom stereocenters. The first-order valence-corrected chi connectivity index (χ1v) is 10.0. The summed E-state index contributed by atoms with van der Waals surface area (Å²) in [5.74, 6) is 1.45. The number of hydrogen-bond donors (Lipinski definition) is 1. The molecular formula is C21H21NO5S. The smallest absolute Gasteiger partial charge is 0.262 e. The summed E-state index contributed by atoms with van der Waals surface area (Å²) < 4.78 is 43.8. The minimum absolute atomic E-state index is 0.0783. The van der Waals surface area contributed by atoms with Crippen LogP contribution in [0.15, 0.2) is 77.7 Å². The van der Waals surface area contributed by atoms with Gasteiger partial charge in [0.15, 0.2) is 11.5 Å². The Bertz CT molecular complexity index is 1020. The molecule has 0 spiro atoms. The molecule has 0 amide bonds. The van der Waals surface area contributed by atoms with E-state index in [1.807, 2.05) is 30.3 Å². The molecule has 3 aromatic rings. The Labute approximate surface area is 164 Å². The normalized spacial score (nSPS) is 10.9. The van der Waals surface area contributed by atoms with E-state index in [1.54, 1.807) is 30.3 Å². The molecule has 3 rings (SSSR count). The van der Waals surface area contributed by atoms with Crippen LogP contribution in [0.3, 0.4) is 0 Å². The van der Waals surface area contributed by atoms with Gasteiger partial charge >= 0.3 is 0 Å². The average molecular weight is 399 g/mol. The molecule has 0 unspecified atom stereocenters. The molecule has 3 aromatic carbocycles. The number of benzene rings is 3. The molecule has 0 bridgehead atoms. The summed E-state index contributed by atoms with van der Waals surface area (Å²) in [7, 11) is -0.819. The fourth-order valence-corrected chi connectivity index (χ4v) is 3.63. The van der Waals surface area contributed by atoms with Crippen LogP contribution >= 0.6 is 0 Å². The quantitative estimate of drug-likeness (QED) is 0.618. The molecule has 0 fully saturated rings. The first kappa shape index (κ1) is 19.6. The van der Waals surface area contributed by atoms with Crippen molar-refractivity contribution in [2.75, 3.05) is 18.9 Å². The van der Waals surface area contributed by atoms with Gasteiger partial charge in [-0.05, 0) is 42.0 Å². The van der Waals surface area contributed by atoms with Gasteiger partial charge in [0.25, 0.3) is 10.0 Å². The van der Waals surface area contributed by atoms with Crippen molar-refractivity contribution in [2.45, 2.75) is 11.5 Å². The second-order valence-corrected chi connectivity index (χ2v) is 7.60. The molecule has 0 aromatic heterocycles. The maximum atomic E-state index is 12.6. The Kier molecular flexibility index (Phi) is 6.06. The number of sulfonamides is 1. The number of ether oxygens (including phenoxy) is 3. The average Bonchev–Trinajstić information content (AvgIpc) is 2.73. The van der Waals surface area contributed by atoms with Gasteiger partial charge in [0, 0.05) is 11.8 Å². The van der Waals surface area contributed by atoms with Crippen molar-refractivity contribution in [1.29, 1.82) is 0 Å². The lowest BCUT2D eigenvalue weighted by Gasteiger charge is -2.12. The van der Waals surface area contributed by atoms with Crippen molar-refractivity contribution < 1.29 is 22.6 Å². The number of methoxy groups -OCH3 is 2. The summed E-state index contributed by atoms with van der Waals surface area (Å²) in [6.07, 6.45) is 0. The van der Waals surface area contributed by atoms with Gasteiger partial charge in [0.05, 0.1) is 19.1 Å². The first-order valence-electron chi connectivity index (χ1n) is 8.53. The van der Waals surface area contributed by atoms with E-state index >= 15 is 0 Å². The second kappa shape index (κ2) is 8.67. The summed E-state index contributed by atoms with van der Waals surface area (Å²) >= 11 is 0. The third kappa shape index (κ3) is 4.75. The highest BCUT2D eigenvalue weighted by Gasteiger charge is 2.17. The third-order valence-corrected chi connectivity index (χ3v) is 5.40. The van der Waals surface area contributed by atoms with Gasteiger partial charge in [-0.15, -0.1) is 0 Å². The highest BCUT2D eigenvalue weighted by molar-refractivity contribution is 7.92. The first-order chi connectivity index (χ1) is 13.5. The molecule has 0 aliphatic carbocycles. The number of nitrogens with one attached hydrogen (secondary N) is 1. The van der Waals surface area contributed by atoms with Crippen molar-refractivity contribution in [3.63, 3.8) is 0 Å². The maximum absolute atomic E-state index is 12.6. The zero-order valence-corrected chi connectivity index (χ0v) is 16.4. The van der Waals surface area contributed by atoms with E-state index in [-0.39, 0.29) is 4.90 Å². The van der Waals surface area contributed by atoms with E-state index in [1.165, 1.54) is 26.4 Å². The van der Waals surface area contributed by atoms with Crippen LogP contribution in [-0.2, 0) is 16.6 Å². The van der Waals surface area contributed by atoms with Crippen LogP contribution in [0.25, 0.3) is 0 Å². The molecule has 6 nitrogen and oxygen atoms in total. The number of hydrogen-bond acceptors (Lipinski definition) is 5. The van der Waals surface area contributed by atoms with Gasteiger partial charge in [-0.2, -0.15) is 0 Å². The van der Waals surface area contributed by atoms with Gasteiger partial charge in [0.2, 0.25) is 0 Å². The molecule has 1 N–H and O–H groups in total. The van der Waals surface area contributed by atoms with Crippen molar-refractivity contribution >= 4 is 15.7 Å². The zero-order chi connectivity index (χ0) is 20.0. The predicted octanol–water partition coefficient (Wildman–Crippen LogP) is 4.08. The summed E-state index contributed by atoms with van der Waals surface area (Å²) in [5.41, 5.74) is 1.49. The van der Waals surface area contributed by atoms with Crippen LogP contribution in [0.2, 0.25) is 0 Å². The Hall–Kier alpha value is -3.19. The van der Waals surface area contributed by atoms with Crippen LogP contribution in [0.4, 0.5) is 5.69 Å². The van der Waals surface area contributed by atoms with Gasteiger partial charge < -0.3 is 14.2 Å². The van der Waals surface area contributed by atoms with Crippen LogP contribution in [0.1, 0.15) is 5.56 Å². The molecule has 7 heteroatoms. The molecule has 0 saturated carbocycles. The third-order valence-electron chi connectivity index (χ3n) is 4.02.